The molecule has 0 aliphatic rings. The Morgan fingerprint density at radius 2 is 1.19 bits per heavy atom. The van der Waals surface area contributed by atoms with E-state index >= 15 is 0 Å². The lowest BCUT2D eigenvalue weighted by molar-refractivity contribution is -0.00971. The van der Waals surface area contributed by atoms with Crippen LogP contribution in [0, 0.1) is 11.6 Å². The molecule has 2 aromatic rings. The molecule has 2 aromatic carbocycles. The van der Waals surface area contributed by atoms with Crippen LogP contribution in [-0.2, 0) is 0 Å². The minimum absolute atomic E-state index is 0.151. The summed E-state index contributed by atoms with van der Waals surface area (Å²) in [7, 11) is 0. The molecule has 1 unspecified atom stereocenters. The Hall–Kier alpha value is -1.78. The Labute approximate surface area is 161 Å². The van der Waals surface area contributed by atoms with Gasteiger partial charge in [-0.15, -0.1) is 0 Å². The third-order valence-corrected chi connectivity index (χ3v) is 5.04. The monoisotopic (exact) mass is 375 g/mol. The molecule has 0 fully saturated rings. The Balaban J connectivity index is 2.32. The predicted molar refractivity (Wildman–Crippen MR) is 107 cm³/mol. The van der Waals surface area contributed by atoms with Crippen molar-refractivity contribution >= 4 is 0 Å². The first-order chi connectivity index (χ1) is 12.6. The van der Waals surface area contributed by atoms with Crippen LogP contribution in [0.4, 0.5) is 8.78 Å². The molecule has 1 atom stereocenters. The summed E-state index contributed by atoms with van der Waals surface area (Å²) >= 11 is 0. The molecule has 4 heteroatoms. The second kappa shape index (κ2) is 8.94. The van der Waals surface area contributed by atoms with Gasteiger partial charge in [0.15, 0.2) is 0 Å². The highest BCUT2D eigenvalue weighted by atomic mass is 19.1. The molecule has 0 aromatic heterocycles. The molecule has 2 nitrogen and oxygen atoms in total. The van der Waals surface area contributed by atoms with Crippen LogP contribution in [0.1, 0.15) is 58.1 Å². The van der Waals surface area contributed by atoms with Crippen molar-refractivity contribution in [3.63, 3.8) is 0 Å². The van der Waals surface area contributed by atoms with Crippen LogP contribution in [-0.4, -0.2) is 34.2 Å². The van der Waals surface area contributed by atoms with E-state index in [9.17, 15) is 13.9 Å². The standard InChI is InChI=1S/C23H31F2NO/c1-16(2)26(17(3)4)15-23(5,27)14-22(18-6-10-20(24)11-7-18)19-8-12-21(25)13-9-19/h6-13,16-17,22,27H,14-15H2,1-5H3. The van der Waals surface area contributed by atoms with Gasteiger partial charge in [0.25, 0.3) is 0 Å². The lowest BCUT2D eigenvalue weighted by atomic mass is 9.81. The average Bonchev–Trinajstić information content (AvgIpc) is 2.59. The second-order valence-electron chi connectivity index (χ2n) is 8.22. The molecule has 0 heterocycles. The lowest BCUT2D eigenvalue weighted by Gasteiger charge is -2.38. The third-order valence-electron chi connectivity index (χ3n) is 5.04. The third kappa shape index (κ3) is 6.12. The van der Waals surface area contributed by atoms with Gasteiger partial charge in [-0.1, -0.05) is 24.3 Å². The van der Waals surface area contributed by atoms with Gasteiger partial charge in [-0.25, -0.2) is 8.78 Å². The highest BCUT2D eigenvalue weighted by Gasteiger charge is 2.31. The van der Waals surface area contributed by atoms with Crippen molar-refractivity contribution in [1.82, 2.24) is 4.90 Å². The quantitative estimate of drug-likeness (QED) is 0.672. The topological polar surface area (TPSA) is 23.5 Å². The minimum atomic E-state index is -0.956. The van der Waals surface area contributed by atoms with Crippen LogP contribution < -0.4 is 0 Å². The van der Waals surface area contributed by atoms with E-state index in [1.165, 1.54) is 24.3 Å². The van der Waals surface area contributed by atoms with Gasteiger partial charge in [0.2, 0.25) is 0 Å². The first-order valence-corrected chi connectivity index (χ1v) is 9.58. The molecule has 0 spiro atoms. The largest absolute Gasteiger partial charge is 0.389 e. The Bertz CT molecular complexity index is 655. The van der Waals surface area contributed by atoms with Crippen molar-refractivity contribution in [2.24, 2.45) is 0 Å². The predicted octanol–water partition coefficient (Wildman–Crippen LogP) is 5.36. The summed E-state index contributed by atoms with van der Waals surface area (Å²) in [5.74, 6) is -0.745. The van der Waals surface area contributed by atoms with Crippen LogP contribution in [0.15, 0.2) is 48.5 Å². The summed E-state index contributed by atoms with van der Waals surface area (Å²) < 4.78 is 26.8. The Morgan fingerprint density at radius 1 is 0.815 bits per heavy atom. The second-order valence-corrected chi connectivity index (χ2v) is 8.22. The molecule has 27 heavy (non-hydrogen) atoms. The summed E-state index contributed by atoms with van der Waals surface area (Å²) in [4.78, 5) is 2.26. The van der Waals surface area contributed by atoms with E-state index in [0.29, 0.717) is 25.0 Å². The van der Waals surface area contributed by atoms with E-state index in [1.54, 1.807) is 24.3 Å². The summed E-state index contributed by atoms with van der Waals surface area (Å²) in [5, 5.41) is 11.2. The zero-order valence-corrected chi connectivity index (χ0v) is 16.9. The maximum absolute atomic E-state index is 13.4. The van der Waals surface area contributed by atoms with Crippen LogP contribution >= 0.6 is 0 Å². The maximum atomic E-state index is 13.4. The van der Waals surface area contributed by atoms with E-state index in [1.807, 2.05) is 6.92 Å². The smallest absolute Gasteiger partial charge is 0.123 e. The molecular weight excluding hydrogens is 344 g/mol. The fourth-order valence-electron chi connectivity index (χ4n) is 3.68. The van der Waals surface area contributed by atoms with Gasteiger partial charge in [-0.3, -0.25) is 4.90 Å². The van der Waals surface area contributed by atoms with Crippen LogP contribution in [0.3, 0.4) is 0 Å². The van der Waals surface area contributed by atoms with Gasteiger partial charge < -0.3 is 5.11 Å². The number of aliphatic hydroxyl groups is 1. The van der Waals surface area contributed by atoms with E-state index in [2.05, 4.69) is 32.6 Å². The molecule has 0 saturated heterocycles. The molecule has 148 valence electrons. The van der Waals surface area contributed by atoms with Crippen LogP contribution in [0.2, 0.25) is 0 Å². The Morgan fingerprint density at radius 3 is 1.52 bits per heavy atom. The lowest BCUT2D eigenvalue weighted by Crippen LogP contribution is -2.48. The maximum Gasteiger partial charge on any atom is 0.123 e. The fraction of sp³-hybridized carbons (Fsp3) is 0.478. The summed E-state index contributed by atoms with van der Waals surface area (Å²) in [5.41, 5.74) is 0.856. The van der Waals surface area contributed by atoms with Gasteiger partial charge in [-0.05, 0) is 76.4 Å². The number of nitrogens with zero attached hydrogens (tertiary/aromatic N) is 1. The number of rotatable bonds is 8. The number of halogens is 2. The molecule has 0 bridgehead atoms. The van der Waals surface area contributed by atoms with Crippen molar-refractivity contribution in [2.75, 3.05) is 6.54 Å². The summed E-state index contributed by atoms with van der Waals surface area (Å²) in [6, 6.07) is 13.3. The van der Waals surface area contributed by atoms with Gasteiger partial charge in [0.1, 0.15) is 11.6 Å². The molecule has 1 N–H and O–H groups in total. The summed E-state index contributed by atoms with van der Waals surface area (Å²) in [6.45, 7) is 10.8. The molecule has 0 amide bonds. The number of hydrogen-bond donors (Lipinski definition) is 1. The fourth-order valence-corrected chi connectivity index (χ4v) is 3.68. The first kappa shape index (κ1) is 21.5. The van der Waals surface area contributed by atoms with Gasteiger partial charge in [-0.2, -0.15) is 0 Å². The minimum Gasteiger partial charge on any atom is -0.389 e. The first-order valence-electron chi connectivity index (χ1n) is 9.58. The summed E-state index contributed by atoms with van der Waals surface area (Å²) in [6.07, 6.45) is 0.459. The molecule has 0 saturated carbocycles. The van der Waals surface area contributed by atoms with Crippen LogP contribution in [0.25, 0.3) is 0 Å². The molecule has 0 aliphatic carbocycles. The SMILES string of the molecule is CC(C)N(CC(C)(O)CC(c1ccc(F)cc1)c1ccc(F)cc1)C(C)C. The van der Waals surface area contributed by atoms with Crippen molar-refractivity contribution in [2.45, 2.75) is 64.6 Å². The van der Waals surface area contributed by atoms with E-state index < -0.39 is 5.60 Å². The molecular formula is C23H31F2NO. The normalized spacial score (nSPS) is 14.4. The van der Waals surface area contributed by atoms with E-state index in [-0.39, 0.29) is 17.6 Å². The van der Waals surface area contributed by atoms with Gasteiger partial charge in [0, 0.05) is 24.5 Å². The zero-order valence-electron chi connectivity index (χ0n) is 16.9. The van der Waals surface area contributed by atoms with E-state index in [0.717, 1.165) is 11.1 Å². The van der Waals surface area contributed by atoms with Crippen LogP contribution in [0.5, 0.6) is 0 Å². The average molecular weight is 376 g/mol. The number of hydrogen-bond acceptors (Lipinski definition) is 2. The Kier molecular flexibility index (Phi) is 7.12. The van der Waals surface area contributed by atoms with Gasteiger partial charge >= 0.3 is 0 Å². The number of benzene rings is 2. The van der Waals surface area contributed by atoms with Crippen molar-refractivity contribution < 1.29 is 13.9 Å². The van der Waals surface area contributed by atoms with Gasteiger partial charge in [0.05, 0.1) is 5.60 Å². The molecule has 2 rings (SSSR count). The molecule has 0 aliphatic heterocycles. The highest BCUT2D eigenvalue weighted by Crippen LogP contribution is 2.34. The van der Waals surface area contributed by atoms with Crippen molar-refractivity contribution in [3.8, 4) is 0 Å². The van der Waals surface area contributed by atoms with Crippen molar-refractivity contribution in [1.29, 1.82) is 0 Å². The highest BCUT2D eigenvalue weighted by molar-refractivity contribution is 5.33. The zero-order chi connectivity index (χ0) is 20.2. The molecule has 0 radical (unpaired) electrons. The van der Waals surface area contributed by atoms with E-state index in [4.69, 9.17) is 0 Å². The van der Waals surface area contributed by atoms with Crippen molar-refractivity contribution in [3.05, 3.63) is 71.3 Å².